The Balaban J connectivity index is 1.73. The molecule has 0 aliphatic carbocycles. The number of furan rings is 1. The van der Waals surface area contributed by atoms with Crippen LogP contribution in [-0.4, -0.2) is 12.6 Å². The SMILES string of the molecule is Cc1cccc(CCNC(=O)Nc2ccco2)c1. The zero-order valence-corrected chi connectivity index (χ0v) is 10.3. The van der Waals surface area contributed by atoms with Crippen LogP contribution in [0.5, 0.6) is 0 Å². The second-order valence-electron chi connectivity index (χ2n) is 4.10. The smallest absolute Gasteiger partial charge is 0.321 e. The molecule has 2 amide bonds. The van der Waals surface area contributed by atoms with Crippen molar-refractivity contribution in [3.8, 4) is 0 Å². The van der Waals surface area contributed by atoms with E-state index in [2.05, 4.69) is 35.8 Å². The van der Waals surface area contributed by atoms with Gasteiger partial charge in [-0.05, 0) is 25.0 Å². The molecule has 0 aliphatic heterocycles. The summed E-state index contributed by atoms with van der Waals surface area (Å²) in [4.78, 5) is 11.5. The van der Waals surface area contributed by atoms with Gasteiger partial charge < -0.3 is 9.73 Å². The van der Waals surface area contributed by atoms with E-state index in [0.29, 0.717) is 12.4 Å². The maximum atomic E-state index is 11.5. The van der Waals surface area contributed by atoms with E-state index in [-0.39, 0.29) is 6.03 Å². The Morgan fingerprint density at radius 2 is 2.17 bits per heavy atom. The molecule has 2 rings (SSSR count). The average Bonchev–Trinajstić information content (AvgIpc) is 2.82. The Bertz CT molecular complexity index is 506. The maximum Gasteiger partial charge on any atom is 0.321 e. The lowest BCUT2D eigenvalue weighted by atomic mass is 10.1. The number of nitrogens with one attached hydrogen (secondary N) is 2. The summed E-state index contributed by atoms with van der Waals surface area (Å²) in [6.07, 6.45) is 2.33. The molecule has 1 aromatic heterocycles. The number of hydrogen-bond acceptors (Lipinski definition) is 2. The normalized spacial score (nSPS) is 10.1. The largest absolute Gasteiger partial charge is 0.449 e. The summed E-state index contributed by atoms with van der Waals surface area (Å²) in [5.74, 6) is 0.447. The van der Waals surface area contributed by atoms with E-state index >= 15 is 0 Å². The van der Waals surface area contributed by atoms with Gasteiger partial charge >= 0.3 is 6.03 Å². The summed E-state index contributed by atoms with van der Waals surface area (Å²) in [7, 11) is 0. The third-order valence-electron chi connectivity index (χ3n) is 2.54. The van der Waals surface area contributed by atoms with E-state index in [0.717, 1.165) is 6.42 Å². The monoisotopic (exact) mass is 244 g/mol. The molecule has 1 aromatic carbocycles. The standard InChI is InChI=1S/C14H16N2O2/c1-11-4-2-5-12(10-11)7-8-15-14(17)16-13-6-3-9-18-13/h2-6,9-10H,7-8H2,1H3,(H2,15,16,17). The summed E-state index contributed by atoms with van der Waals surface area (Å²) in [6.45, 7) is 2.65. The lowest BCUT2D eigenvalue weighted by molar-refractivity contribution is 0.251. The topological polar surface area (TPSA) is 54.3 Å². The van der Waals surface area contributed by atoms with E-state index in [1.54, 1.807) is 12.1 Å². The molecule has 4 nitrogen and oxygen atoms in total. The molecule has 0 fully saturated rings. The zero-order chi connectivity index (χ0) is 12.8. The molecule has 1 heterocycles. The van der Waals surface area contributed by atoms with Crippen molar-refractivity contribution in [2.45, 2.75) is 13.3 Å². The van der Waals surface area contributed by atoms with Crippen LogP contribution < -0.4 is 10.6 Å². The van der Waals surface area contributed by atoms with Crippen LogP contribution in [0.15, 0.2) is 47.1 Å². The predicted molar refractivity (Wildman–Crippen MR) is 70.6 cm³/mol. The Labute approximate surface area is 106 Å². The zero-order valence-electron chi connectivity index (χ0n) is 10.3. The van der Waals surface area contributed by atoms with Gasteiger partial charge in [0.1, 0.15) is 0 Å². The minimum Gasteiger partial charge on any atom is -0.449 e. The highest BCUT2D eigenvalue weighted by molar-refractivity contribution is 5.87. The highest BCUT2D eigenvalue weighted by Crippen LogP contribution is 2.06. The van der Waals surface area contributed by atoms with Crippen molar-refractivity contribution in [2.75, 3.05) is 11.9 Å². The first-order valence-electron chi connectivity index (χ1n) is 5.88. The third kappa shape index (κ3) is 3.66. The summed E-state index contributed by atoms with van der Waals surface area (Å²) >= 11 is 0. The first-order chi connectivity index (χ1) is 8.74. The fourth-order valence-corrected chi connectivity index (χ4v) is 1.69. The van der Waals surface area contributed by atoms with Crippen molar-refractivity contribution in [3.05, 3.63) is 53.8 Å². The summed E-state index contributed by atoms with van der Waals surface area (Å²) in [5, 5.41) is 5.38. The number of hydrogen-bond donors (Lipinski definition) is 2. The molecule has 94 valence electrons. The Morgan fingerprint density at radius 1 is 1.28 bits per heavy atom. The van der Waals surface area contributed by atoms with Crippen molar-refractivity contribution in [1.82, 2.24) is 5.32 Å². The van der Waals surface area contributed by atoms with Crippen LogP contribution in [-0.2, 0) is 6.42 Å². The van der Waals surface area contributed by atoms with E-state index in [1.807, 2.05) is 6.07 Å². The van der Waals surface area contributed by atoms with E-state index in [9.17, 15) is 4.79 Å². The molecule has 0 saturated heterocycles. The van der Waals surface area contributed by atoms with Gasteiger partial charge in [0.25, 0.3) is 0 Å². The first kappa shape index (κ1) is 12.2. The van der Waals surface area contributed by atoms with Crippen molar-refractivity contribution in [2.24, 2.45) is 0 Å². The van der Waals surface area contributed by atoms with Crippen LogP contribution in [0.2, 0.25) is 0 Å². The van der Waals surface area contributed by atoms with Gasteiger partial charge in [0.15, 0.2) is 0 Å². The molecular weight excluding hydrogens is 228 g/mol. The molecule has 18 heavy (non-hydrogen) atoms. The summed E-state index contributed by atoms with van der Waals surface area (Å²) in [6, 6.07) is 11.4. The number of benzene rings is 1. The molecule has 0 unspecified atom stereocenters. The number of aryl methyl sites for hydroxylation is 1. The molecule has 0 saturated carbocycles. The van der Waals surface area contributed by atoms with Gasteiger partial charge in [0.05, 0.1) is 6.26 Å². The molecule has 2 aromatic rings. The Morgan fingerprint density at radius 3 is 2.89 bits per heavy atom. The van der Waals surface area contributed by atoms with E-state index in [1.165, 1.54) is 17.4 Å². The second kappa shape index (κ2) is 5.91. The van der Waals surface area contributed by atoms with Crippen molar-refractivity contribution < 1.29 is 9.21 Å². The third-order valence-corrected chi connectivity index (χ3v) is 2.54. The molecule has 0 bridgehead atoms. The Hall–Kier alpha value is -2.23. The minimum atomic E-state index is -0.252. The number of amides is 2. The summed E-state index contributed by atoms with van der Waals surface area (Å²) in [5.41, 5.74) is 2.45. The van der Waals surface area contributed by atoms with Gasteiger partial charge in [0, 0.05) is 12.6 Å². The number of anilines is 1. The van der Waals surface area contributed by atoms with Crippen molar-refractivity contribution in [1.29, 1.82) is 0 Å². The summed E-state index contributed by atoms with van der Waals surface area (Å²) < 4.78 is 5.01. The van der Waals surface area contributed by atoms with Crippen molar-refractivity contribution >= 4 is 11.9 Å². The number of urea groups is 1. The lowest BCUT2D eigenvalue weighted by Crippen LogP contribution is -2.30. The number of carbonyl (C=O) groups is 1. The van der Waals surface area contributed by atoms with E-state index in [4.69, 9.17) is 4.42 Å². The van der Waals surface area contributed by atoms with Crippen LogP contribution in [0, 0.1) is 6.92 Å². The molecule has 0 atom stereocenters. The second-order valence-corrected chi connectivity index (χ2v) is 4.10. The quantitative estimate of drug-likeness (QED) is 0.868. The van der Waals surface area contributed by atoms with Gasteiger partial charge in [-0.15, -0.1) is 0 Å². The molecule has 0 radical (unpaired) electrons. The van der Waals surface area contributed by atoms with Crippen LogP contribution >= 0.6 is 0 Å². The molecule has 2 N–H and O–H groups in total. The minimum absolute atomic E-state index is 0.252. The lowest BCUT2D eigenvalue weighted by Gasteiger charge is -2.06. The van der Waals surface area contributed by atoms with Gasteiger partial charge in [-0.1, -0.05) is 29.8 Å². The maximum absolute atomic E-state index is 11.5. The van der Waals surface area contributed by atoms with Crippen molar-refractivity contribution in [3.63, 3.8) is 0 Å². The predicted octanol–water partition coefficient (Wildman–Crippen LogP) is 2.95. The van der Waals surface area contributed by atoms with Gasteiger partial charge in [0.2, 0.25) is 5.88 Å². The molecular formula is C14H16N2O2. The first-order valence-corrected chi connectivity index (χ1v) is 5.88. The van der Waals surface area contributed by atoms with E-state index < -0.39 is 0 Å². The van der Waals surface area contributed by atoms with Gasteiger partial charge in [-0.25, -0.2) is 4.79 Å². The highest BCUT2D eigenvalue weighted by atomic mass is 16.3. The average molecular weight is 244 g/mol. The van der Waals surface area contributed by atoms with Gasteiger partial charge in [-0.3, -0.25) is 5.32 Å². The Kier molecular flexibility index (Phi) is 4.02. The molecule has 0 aliphatic rings. The fraction of sp³-hybridized carbons (Fsp3) is 0.214. The van der Waals surface area contributed by atoms with Crippen LogP contribution in [0.25, 0.3) is 0 Å². The van der Waals surface area contributed by atoms with Gasteiger partial charge in [-0.2, -0.15) is 0 Å². The van der Waals surface area contributed by atoms with Crippen LogP contribution in [0.1, 0.15) is 11.1 Å². The molecule has 4 heteroatoms. The van der Waals surface area contributed by atoms with Crippen LogP contribution in [0.4, 0.5) is 10.7 Å². The fourth-order valence-electron chi connectivity index (χ4n) is 1.69. The van der Waals surface area contributed by atoms with Crippen LogP contribution in [0.3, 0.4) is 0 Å². The molecule has 0 spiro atoms. The highest BCUT2D eigenvalue weighted by Gasteiger charge is 2.02. The number of rotatable bonds is 4. The number of carbonyl (C=O) groups excluding carboxylic acids is 1.